The van der Waals surface area contributed by atoms with Crippen LogP contribution in [0.25, 0.3) is 0 Å². The second-order valence-corrected chi connectivity index (χ2v) is 3.86. The number of rotatable bonds is 3. The molecule has 14 heavy (non-hydrogen) atoms. The van der Waals surface area contributed by atoms with Gasteiger partial charge in [0.25, 0.3) is 0 Å². The quantitative estimate of drug-likeness (QED) is 0.716. The van der Waals surface area contributed by atoms with Gasteiger partial charge in [-0.2, -0.15) is 0 Å². The highest BCUT2D eigenvalue weighted by Gasteiger charge is 2.31. The first-order valence-electron chi connectivity index (χ1n) is 4.91. The highest BCUT2D eigenvalue weighted by molar-refractivity contribution is 5.49. The van der Waals surface area contributed by atoms with Crippen molar-refractivity contribution in [2.45, 2.75) is 18.9 Å². The van der Waals surface area contributed by atoms with Gasteiger partial charge in [-0.15, -0.1) is 0 Å². The summed E-state index contributed by atoms with van der Waals surface area (Å²) in [5, 5.41) is 0. The lowest BCUT2D eigenvalue weighted by molar-refractivity contribution is 0.403. The zero-order valence-electron chi connectivity index (χ0n) is 8.36. The summed E-state index contributed by atoms with van der Waals surface area (Å²) in [5.41, 5.74) is 13.6. The lowest BCUT2D eigenvalue weighted by atomic mass is 10.0. The number of benzene rings is 1. The monoisotopic (exact) mass is 192 g/mol. The molecule has 4 N–H and O–H groups in total. The second-order valence-electron chi connectivity index (χ2n) is 3.86. The molecule has 1 saturated carbocycles. The predicted molar refractivity (Wildman–Crippen MR) is 57.1 cm³/mol. The Bertz CT molecular complexity index is 334. The Morgan fingerprint density at radius 2 is 2.14 bits per heavy atom. The van der Waals surface area contributed by atoms with Gasteiger partial charge in [0, 0.05) is 23.4 Å². The summed E-state index contributed by atoms with van der Waals surface area (Å²) in [4.78, 5) is 0. The molecule has 0 spiro atoms. The number of hydrogen-bond acceptors (Lipinski definition) is 3. The van der Waals surface area contributed by atoms with Crippen molar-refractivity contribution in [1.82, 2.24) is 0 Å². The summed E-state index contributed by atoms with van der Waals surface area (Å²) in [6.07, 6.45) is 2.46. The zero-order chi connectivity index (χ0) is 10.1. The third-order valence-corrected chi connectivity index (χ3v) is 2.75. The molecule has 76 valence electrons. The molecule has 0 aromatic heterocycles. The fourth-order valence-electron chi connectivity index (χ4n) is 1.71. The van der Waals surface area contributed by atoms with Gasteiger partial charge < -0.3 is 16.2 Å². The zero-order valence-corrected chi connectivity index (χ0v) is 8.36. The van der Waals surface area contributed by atoms with Gasteiger partial charge in [0.05, 0.1) is 7.11 Å². The molecule has 2 rings (SSSR count). The Morgan fingerprint density at radius 3 is 2.71 bits per heavy atom. The van der Waals surface area contributed by atoms with E-state index in [0.29, 0.717) is 11.6 Å². The van der Waals surface area contributed by atoms with Crippen LogP contribution in [0.1, 0.15) is 24.4 Å². The van der Waals surface area contributed by atoms with E-state index < -0.39 is 0 Å². The highest BCUT2D eigenvalue weighted by Crippen LogP contribution is 2.42. The maximum Gasteiger partial charge on any atom is 0.125 e. The van der Waals surface area contributed by atoms with Crippen molar-refractivity contribution >= 4 is 5.69 Å². The lowest BCUT2D eigenvalue weighted by Crippen LogP contribution is -2.13. The van der Waals surface area contributed by atoms with Crippen LogP contribution in [-0.4, -0.2) is 7.11 Å². The van der Waals surface area contributed by atoms with Crippen LogP contribution in [0.15, 0.2) is 18.2 Å². The van der Waals surface area contributed by atoms with Crippen molar-refractivity contribution in [3.05, 3.63) is 23.8 Å². The molecule has 0 aliphatic heterocycles. The van der Waals surface area contributed by atoms with Gasteiger partial charge in [0.15, 0.2) is 0 Å². The topological polar surface area (TPSA) is 61.3 Å². The van der Waals surface area contributed by atoms with Gasteiger partial charge in [-0.3, -0.25) is 0 Å². The first-order valence-corrected chi connectivity index (χ1v) is 4.91. The fourth-order valence-corrected chi connectivity index (χ4v) is 1.71. The van der Waals surface area contributed by atoms with Crippen molar-refractivity contribution in [3.63, 3.8) is 0 Å². The average Bonchev–Trinajstić information content (AvgIpc) is 3.00. The Kier molecular flexibility index (Phi) is 2.33. The molecule has 1 aliphatic carbocycles. The summed E-state index contributed by atoms with van der Waals surface area (Å²) in [6.45, 7) is 0. The number of hydrogen-bond donors (Lipinski definition) is 2. The minimum Gasteiger partial charge on any atom is -0.496 e. The SMILES string of the molecule is COc1cc(N)ccc1C(N)C1CC1. The van der Waals surface area contributed by atoms with Gasteiger partial charge in [-0.25, -0.2) is 0 Å². The van der Waals surface area contributed by atoms with Crippen LogP contribution in [0.4, 0.5) is 5.69 Å². The Labute approximate surface area is 84.0 Å². The van der Waals surface area contributed by atoms with Gasteiger partial charge in [-0.1, -0.05) is 6.07 Å². The van der Waals surface area contributed by atoms with Crippen LogP contribution in [0.5, 0.6) is 5.75 Å². The van der Waals surface area contributed by atoms with Crippen molar-refractivity contribution in [1.29, 1.82) is 0 Å². The molecular weight excluding hydrogens is 176 g/mol. The molecule has 3 heteroatoms. The molecule has 1 aromatic carbocycles. The molecule has 1 atom stereocenters. The van der Waals surface area contributed by atoms with Gasteiger partial charge in [-0.05, 0) is 24.8 Å². The number of anilines is 1. The third-order valence-electron chi connectivity index (χ3n) is 2.75. The Morgan fingerprint density at radius 1 is 1.43 bits per heavy atom. The van der Waals surface area contributed by atoms with Gasteiger partial charge in [0.1, 0.15) is 5.75 Å². The van der Waals surface area contributed by atoms with Crippen molar-refractivity contribution in [2.75, 3.05) is 12.8 Å². The first-order chi connectivity index (χ1) is 6.72. The summed E-state index contributed by atoms with van der Waals surface area (Å²) >= 11 is 0. The van der Waals surface area contributed by atoms with E-state index in [1.807, 2.05) is 18.2 Å². The summed E-state index contributed by atoms with van der Waals surface area (Å²) in [6, 6.07) is 5.78. The number of nitrogens with two attached hydrogens (primary N) is 2. The molecule has 1 aromatic rings. The molecule has 1 fully saturated rings. The summed E-state index contributed by atoms with van der Waals surface area (Å²) < 4.78 is 5.27. The predicted octanol–water partition coefficient (Wildman–Crippen LogP) is 1.69. The molecule has 0 heterocycles. The second kappa shape index (κ2) is 3.50. The molecule has 0 amide bonds. The average molecular weight is 192 g/mol. The number of nitrogen functional groups attached to an aromatic ring is 1. The van der Waals surface area contributed by atoms with Crippen LogP contribution >= 0.6 is 0 Å². The van der Waals surface area contributed by atoms with Gasteiger partial charge in [0.2, 0.25) is 0 Å². The lowest BCUT2D eigenvalue weighted by Gasteiger charge is -2.15. The minimum atomic E-state index is 0.102. The van der Waals surface area contributed by atoms with E-state index in [0.717, 1.165) is 11.3 Å². The molecule has 1 aliphatic rings. The maximum absolute atomic E-state index is 6.11. The highest BCUT2D eigenvalue weighted by atomic mass is 16.5. The minimum absolute atomic E-state index is 0.102. The van der Waals surface area contributed by atoms with Crippen LogP contribution in [0.2, 0.25) is 0 Å². The Hall–Kier alpha value is -1.22. The molecular formula is C11H16N2O. The largest absolute Gasteiger partial charge is 0.496 e. The smallest absolute Gasteiger partial charge is 0.125 e. The van der Waals surface area contributed by atoms with Crippen molar-refractivity contribution < 1.29 is 4.74 Å². The number of methoxy groups -OCH3 is 1. The van der Waals surface area contributed by atoms with Gasteiger partial charge >= 0.3 is 0 Å². The Balaban J connectivity index is 2.30. The van der Waals surface area contributed by atoms with Crippen molar-refractivity contribution in [2.24, 2.45) is 11.7 Å². The molecule has 1 unspecified atom stereocenters. The number of ether oxygens (including phenoxy) is 1. The normalized spacial score (nSPS) is 17.9. The van der Waals surface area contributed by atoms with E-state index in [2.05, 4.69) is 0 Å². The summed E-state index contributed by atoms with van der Waals surface area (Å²) in [5.74, 6) is 1.44. The van der Waals surface area contributed by atoms with E-state index in [4.69, 9.17) is 16.2 Å². The maximum atomic E-state index is 6.11. The standard InChI is InChI=1S/C11H16N2O/c1-14-10-6-8(12)4-5-9(10)11(13)7-2-3-7/h4-7,11H,2-3,12-13H2,1H3. The van der Waals surface area contributed by atoms with Crippen LogP contribution in [-0.2, 0) is 0 Å². The van der Waals surface area contributed by atoms with Crippen molar-refractivity contribution in [3.8, 4) is 5.75 Å². The molecule has 0 saturated heterocycles. The van der Waals surface area contributed by atoms with Crippen LogP contribution in [0, 0.1) is 5.92 Å². The third kappa shape index (κ3) is 1.68. The summed E-state index contributed by atoms with van der Waals surface area (Å²) in [7, 11) is 1.65. The molecule has 0 radical (unpaired) electrons. The van der Waals surface area contributed by atoms with E-state index in [9.17, 15) is 0 Å². The fraction of sp³-hybridized carbons (Fsp3) is 0.455. The van der Waals surface area contributed by atoms with Crippen LogP contribution in [0.3, 0.4) is 0 Å². The molecule has 0 bridgehead atoms. The van der Waals surface area contributed by atoms with E-state index in [-0.39, 0.29) is 6.04 Å². The molecule has 3 nitrogen and oxygen atoms in total. The van der Waals surface area contributed by atoms with E-state index >= 15 is 0 Å². The van der Waals surface area contributed by atoms with E-state index in [1.54, 1.807) is 7.11 Å². The first kappa shape index (κ1) is 9.34. The van der Waals surface area contributed by atoms with E-state index in [1.165, 1.54) is 12.8 Å². The van der Waals surface area contributed by atoms with Crippen LogP contribution < -0.4 is 16.2 Å².